The number of amides is 1. The van der Waals surface area contributed by atoms with Gasteiger partial charge in [-0.1, -0.05) is 66.0 Å². The first-order chi connectivity index (χ1) is 16.0. The lowest BCUT2D eigenvalue weighted by molar-refractivity contribution is -0.124. The summed E-state index contributed by atoms with van der Waals surface area (Å²) >= 11 is 14.8. The Morgan fingerprint density at radius 1 is 1.24 bits per heavy atom. The van der Waals surface area contributed by atoms with Gasteiger partial charge in [0, 0.05) is 39.4 Å². The highest BCUT2D eigenvalue weighted by molar-refractivity contribution is 8.26. The molecule has 3 nitrogen and oxygen atoms in total. The molecule has 0 radical (unpaired) electrons. The quantitative estimate of drug-likeness (QED) is 0.212. The van der Waals surface area contributed by atoms with Gasteiger partial charge >= 0.3 is 0 Å². The van der Waals surface area contributed by atoms with E-state index in [1.165, 1.54) is 31.0 Å². The first kappa shape index (κ1) is 23.1. The van der Waals surface area contributed by atoms with E-state index in [4.69, 9.17) is 28.9 Å². The second-order valence-electron chi connectivity index (χ2n) is 8.82. The molecule has 170 valence electrons. The van der Waals surface area contributed by atoms with Crippen LogP contribution in [0.5, 0.6) is 0 Å². The normalized spacial score (nSPS) is 25.2. The van der Waals surface area contributed by atoms with E-state index in [1.807, 2.05) is 35.2 Å². The van der Waals surface area contributed by atoms with Gasteiger partial charge in [-0.05, 0) is 67.4 Å². The van der Waals surface area contributed by atoms with Crippen molar-refractivity contribution in [3.63, 3.8) is 0 Å². The fraction of sp³-hybridized carbons (Fsp3) is 0.385. The summed E-state index contributed by atoms with van der Waals surface area (Å²) in [7, 11) is 0. The Labute approximate surface area is 213 Å². The molecule has 1 aromatic heterocycles. The number of nitrogens with zero attached hydrogens (tertiary/aromatic N) is 1. The number of unbranched alkanes of at least 4 members (excludes halogenated alkanes) is 1. The summed E-state index contributed by atoms with van der Waals surface area (Å²) in [5.74, 6) is 7.80. The van der Waals surface area contributed by atoms with E-state index < -0.39 is 0 Å². The lowest BCUT2D eigenvalue weighted by Crippen LogP contribution is -2.41. The molecule has 1 amide bonds. The van der Waals surface area contributed by atoms with Crippen LogP contribution in [0.15, 0.2) is 35.2 Å². The number of fused-ring (bicyclic) bond motifs is 2. The van der Waals surface area contributed by atoms with Crippen molar-refractivity contribution < 1.29 is 9.90 Å². The van der Waals surface area contributed by atoms with Gasteiger partial charge in [0.2, 0.25) is 0 Å². The maximum Gasteiger partial charge on any atom is 0.266 e. The number of carbonyl (C=O) groups excluding carboxylic acids is 1. The number of aliphatic hydroxyl groups is 1. The molecule has 5 rings (SSSR count). The molecule has 3 unspecified atom stereocenters. The number of rotatable bonds is 5. The van der Waals surface area contributed by atoms with Crippen LogP contribution in [0.1, 0.15) is 49.0 Å². The van der Waals surface area contributed by atoms with E-state index in [2.05, 4.69) is 17.9 Å². The van der Waals surface area contributed by atoms with Crippen LogP contribution in [0.4, 0.5) is 0 Å². The Hall–Kier alpha value is -1.62. The zero-order valence-electron chi connectivity index (χ0n) is 18.1. The number of thioether (sulfide) groups is 1. The maximum atomic E-state index is 13.4. The van der Waals surface area contributed by atoms with Crippen molar-refractivity contribution in [2.24, 2.45) is 11.8 Å². The Morgan fingerprint density at radius 2 is 2.06 bits per heavy atom. The Balaban J connectivity index is 1.45. The van der Waals surface area contributed by atoms with Gasteiger partial charge in [0.25, 0.3) is 5.91 Å². The van der Waals surface area contributed by atoms with Gasteiger partial charge in [-0.3, -0.25) is 9.69 Å². The SMILES string of the molecule is O=C1/C(=C/c2sc(-c3ccc(Cl)cc3)cc2C#CCCCO)SC(=S)N1C1CC2CCC1C2. The van der Waals surface area contributed by atoms with Gasteiger partial charge in [-0.2, -0.15) is 0 Å². The van der Waals surface area contributed by atoms with Crippen LogP contribution in [-0.2, 0) is 4.79 Å². The highest BCUT2D eigenvalue weighted by atomic mass is 35.5. The molecule has 0 spiro atoms. The number of thiophene rings is 1. The average Bonchev–Trinajstić information content (AvgIpc) is 3.57. The van der Waals surface area contributed by atoms with Crippen LogP contribution in [0.25, 0.3) is 16.5 Å². The zero-order chi connectivity index (χ0) is 22.9. The molecule has 1 aromatic carbocycles. The average molecular weight is 514 g/mol. The summed E-state index contributed by atoms with van der Waals surface area (Å²) in [5.41, 5.74) is 1.96. The van der Waals surface area contributed by atoms with Crippen molar-refractivity contribution in [1.29, 1.82) is 0 Å². The molecule has 2 aromatic rings. The second kappa shape index (κ2) is 9.93. The van der Waals surface area contributed by atoms with Crippen LogP contribution in [0.3, 0.4) is 0 Å². The molecule has 3 aliphatic rings. The Bertz CT molecular complexity index is 1170. The molecule has 33 heavy (non-hydrogen) atoms. The topological polar surface area (TPSA) is 40.5 Å². The number of carbonyl (C=O) groups is 1. The molecule has 3 atom stereocenters. The van der Waals surface area contributed by atoms with Crippen LogP contribution in [-0.4, -0.2) is 32.9 Å². The zero-order valence-corrected chi connectivity index (χ0v) is 21.3. The summed E-state index contributed by atoms with van der Waals surface area (Å²) in [6.07, 6.45) is 8.09. The van der Waals surface area contributed by atoms with Gasteiger partial charge < -0.3 is 5.11 Å². The largest absolute Gasteiger partial charge is 0.396 e. The van der Waals surface area contributed by atoms with Crippen LogP contribution in [0, 0.1) is 23.7 Å². The van der Waals surface area contributed by atoms with Crippen molar-refractivity contribution in [3.8, 4) is 22.3 Å². The van der Waals surface area contributed by atoms with Gasteiger partial charge in [-0.15, -0.1) is 11.3 Å². The molecule has 2 saturated carbocycles. The number of hydrogen-bond acceptors (Lipinski definition) is 5. The van der Waals surface area contributed by atoms with E-state index in [9.17, 15) is 4.79 Å². The van der Waals surface area contributed by atoms with Gasteiger partial charge in [-0.25, -0.2) is 0 Å². The first-order valence-corrected chi connectivity index (χ1v) is 13.7. The summed E-state index contributed by atoms with van der Waals surface area (Å²) in [6, 6.07) is 10.1. The lowest BCUT2D eigenvalue weighted by Gasteiger charge is -2.30. The highest BCUT2D eigenvalue weighted by Crippen LogP contribution is 2.49. The summed E-state index contributed by atoms with van der Waals surface area (Å²) in [4.78, 5) is 18.0. The molecule has 1 N–H and O–H groups in total. The molecule has 7 heteroatoms. The maximum absolute atomic E-state index is 13.4. The van der Waals surface area contributed by atoms with Crippen molar-refractivity contribution in [1.82, 2.24) is 4.90 Å². The van der Waals surface area contributed by atoms with Crippen molar-refractivity contribution in [3.05, 3.63) is 50.7 Å². The third kappa shape index (κ3) is 4.80. The second-order valence-corrected chi connectivity index (χ2v) is 12.0. The molecule has 2 heterocycles. The first-order valence-electron chi connectivity index (χ1n) is 11.3. The fourth-order valence-corrected chi connectivity index (χ4v) is 7.72. The highest BCUT2D eigenvalue weighted by Gasteiger charge is 2.47. The fourth-order valence-electron chi connectivity index (χ4n) is 5.10. The molecular weight excluding hydrogens is 490 g/mol. The van der Waals surface area contributed by atoms with Crippen molar-refractivity contribution in [2.45, 2.75) is 44.6 Å². The molecule has 3 fully saturated rings. The predicted octanol–water partition coefficient (Wildman–Crippen LogP) is 6.58. The van der Waals surface area contributed by atoms with Crippen LogP contribution in [0.2, 0.25) is 5.02 Å². The number of halogens is 1. The minimum atomic E-state index is 0.0446. The van der Waals surface area contributed by atoms with E-state index in [-0.39, 0.29) is 18.6 Å². The van der Waals surface area contributed by atoms with E-state index in [0.717, 1.165) is 33.2 Å². The van der Waals surface area contributed by atoms with Gasteiger partial charge in [0.15, 0.2) is 0 Å². The van der Waals surface area contributed by atoms with Crippen molar-refractivity contribution >= 4 is 63.2 Å². The van der Waals surface area contributed by atoms with E-state index in [0.29, 0.717) is 33.0 Å². The van der Waals surface area contributed by atoms with Gasteiger partial charge in [0.1, 0.15) is 4.32 Å². The minimum Gasteiger partial charge on any atom is -0.396 e. The predicted molar refractivity (Wildman–Crippen MR) is 142 cm³/mol. The Morgan fingerprint density at radius 3 is 2.76 bits per heavy atom. The number of benzene rings is 1. The smallest absolute Gasteiger partial charge is 0.266 e. The monoisotopic (exact) mass is 513 g/mol. The molecule has 2 bridgehead atoms. The van der Waals surface area contributed by atoms with Crippen molar-refractivity contribution in [2.75, 3.05) is 6.61 Å². The molecule has 1 aliphatic heterocycles. The molecular formula is C26H24ClNO2S3. The summed E-state index contributed by atoms with van der Waals surface area (Å²) < 4.78 is 0.689. The summed E-state index contributed by atoms with van der Waals surface area (Å²) in [5, 5.41) is 9.75. The number of thiocarbonyl (C=S) groups is 1. The minimum absolute atomic E-state index is 0.0446. The van der Waals surface area contributed by atoms with E-state index >= 15 is 0 Å². The summed E-state index contributed by atoms with van der Waals surface area (Å²) in [6.45, 7) is 0.132. The third-order valence-electron chi connectivity index (χ3n) is 6.69. The van der Waals surface area contributed by atoms with Crippen LogP contribution >= 0.6 is 46.9 Å². The lowest BCUT2D eigenvalue weighted by atomic mass is 9.94. The number of hydrogen-bond donors (Lipinski definition) is 1. The Kier molecular flexibility index (Phi) is 6.96. The third-order valence-corrected chi connectivity index (χ3v) is 9.40. The van der Waals surface area contributed by atoms with E-state index in [1.54, 1.807) is 11.3 Å². The van der Waals surface area contributed by atoms with Gasteiger partial charge in [0.05, 0.1) is 4.91 Å². The van der Waals surface area contributed by atoms with Crippen LogP contribution < -0.4 is 0 Å². The molecule has 2 aliphatic carbocycles. The number of aliphatic hydroxyl groups excluding tert-OH is 1. The standard InChI is InChI=1S/C26H24ClNO2S3/c27-20-9-7-17(8-10-20)22-14-19(4-2-1-3-11-29)23(32-22)15-24-25(30)28(26(31)33-24)21-13-16-5-6-18(21)12-16/h7-10,14-16,18,21,29H,1,3,5-6,11-13H2/b24-15-. The molecule has 1 saturated heterocycles.